The lowest BCUT2D eigenvalue weighted by Crippen LogP contribution is -2.32. The van der Waals surface area contributed by atoms with E-state index < -0.39 is 6.36 Å². The van der Waals surface area contributed by atoms with Crippen LogP contribution < -0.4 is 15.0 Å². The van der Waals surface area contributed by atoms with E-state index in [1.165, 1.54) is 12.1 Å². The standard InChI is InChI=1S/C15H18F3N5O/c1-22-13(9-20-21-22)8-19-11-5-6-23(10-11)12-3-2-4-14(7-12)24-15(16,17)18/h2-4,7,9,11,19H,5-6,8,10H2,1H3/t11-/m0/s1. The molecule has 0 aliphatic carbocycles. The molecule has 0 saturated carbocycles. The van der Waals surface area contributed by atoms with Crippen molar-refractivity contribution >= 4 is 5.69 Å². The van der Waals surface area contributed by atoms with E-state index in [0.717, 1.165) is 30.9 Å². The maximum Gasteiger partial charge on any atom is 0.573 e. The van der Waals surface area contributed by atoms with E-state index in [2.05, 4.69) is 20.4 Å². The van der Waals surface area contributed by atoms with Crippen LogP contribution in [0.4, 0.5) is 18.9 Å². The topological polar surface area (TPSA) is 55.2 Å². The maximum absolute atomic E-state index is 12.3. The van der Waals surface area contributed by atoms with Gasteiger partial charge in [-0.2, -0.15) is 0 Å². The fourth-order valence-corrected chi connectivity index (χ4v) is 2.76. The minimum Gasteiger partial charge on any atom is -0.406 e. The van der Waals surface area contributed by atoms with Gasteiger partial charge in [0.2, 0.25) is 0 Å². The van der Waals surface area contributed by atoms with E-state index in [-0.39, 0.29) is 11.8 Å². The molecule has 1 aromatic carbocycles. The van der Waals surface area contributed by atoms with Crippen molar-refractivity contribution in [3.05, 3.63) is 36.2 Å². The summed E-state index contributed by atoms with van der Waals surface area (Å²) in [7, 11) is 1.83. The molecule has 130 valence electrons. The van der Waals surface area contributed by atoms with Gasteiger partial charge in [-0.15, -0.1) is 18.3 Å². The molecule has 24 heavy (non-hydrogen) atoms. The van der Waals surface area contributed by atoms with E-state index in [1.54, 1.807) is 23.0 Å². The van der Waals surface area contributed by atoms with Gasteiger partial charge in [0.05, 0.1) is 11.9 Å². The van der Waals surface area contributed by atoms with Crippen LogP contribution in [0.3, 0.4) is 0 Å². The highest BCUT2D eigenvalue weighted by atomic mass is 19.4. The summed E-state index contributed by atoms with van der Waals surface area (Å²) in [6.45, 7) is 2.15. The molecule has 1 N–H and O–H groups in total. The third-order valence-corrected chi connectivity index (χ3v) is 3.98. The second-order valence-corrected chi connectivity index (χ2v) is 5.71. The number of nitrogens with zero attached hydrogens (tertiary/aromatic N) is 4. The van der Waals surface area contributed by atoms with Gasteiger partial charge in [0, 0.05) is 44.5 Å². The van der Waals surface area contributed by atoms with E-state index in [4.69, 9.17) is 0 Å². The van der Waals surface area contributed by atoms with Gasteiger partial charge in [0.15, 0.2) is 0 Å². The van der Waals surface area contributed by atoms with Crippen LogP contribution in [-0.4, -0.2) is 40.5 Å². The van der Waals surface area contributed by atoms with Crippen molar-refractivity contribution in [3.63, 3.8) is 0 Å². The molecule has 1 aliphatic heterocycles. The van der Waals surface area contributed by atoms with Crippen LogP contribution in [-0.2, 0) is 13.6 Å². The normalized spacial score (nSPS) is 18.2. The lowest BCUT2D eigenvalue weighted by atomic mass is 10.2. The van der Waals surface area contributed by atoms with Crippen LogP contribution in [0.1, 0.15) is 12.1 Å². The number of aromatic nitrogens is 3. The first-order valence-corrected chi connectivity index (χ1v) is 7.58. The van der Waals surface area contributed by atoms with Crippen LogP contribution in [0.25, 0.3) is 0 Å². The van der Waals surface area contributed by atoms with Gasteiger partial charge in [0.1, 0.15) is 5.75 Å². The second-order valence-electron chi connectivity index (χ2n) is 5.71. The Morgan fingerprint density at radius 3 is 2.92 bits per heavy atom. The number of ether oxygens (including phenoxy) is 1. The molecule has 0 amide bonds. The zero-order valence-electron chi connectivity index (χ0n) is 13.1. The van der Waals surface area contributed by atoms with Gasteiger partial charge in [0.25, 0.3) is 0 Å². The zero-order chi connectivity index (χ0) is 17.2. The number of alkyl halides is 3. The molecule has 2 aromatic rings. The van der Waals surface area contributed by atoms with Crippen molar-refractivity contribution in [1.82, 2.24) is 20.3 Å². The SMILES string of the molecule is Cn1nncc1CN[C@H]1CCN(c2cccc(OC(F)(F)F)c2)C1. The summed E-state index contributed by atoms with van der Waals surface area (Å²) < 4.78 is 42.7. The van der Waals surface area contributed by atoms with Gasteiger partial charge in [-0.3, -0.25) is 4.68 Å². The number of aryl methyl sites for hydroxylation is 1. The number of hydrogen-bond acceptors (Lipinski definition) is 5. The third kappa shape index (κ3) is 4.16. The lowest BCUT2D eigenvalue weighted by molar-refractivity contribution is -0.274. The summed E-state index contributed by atoms with van der Waals surface area (Å²) in [5, 5.41) is 11.1. The van der Waals surface area contributed by atoms with Gasteiger partial charge >= 0.3 is 6.36 Å². The van der Waals surface area contributed by atoms with Gasteiger partial charge < -0.3 is 15.0 Å². The highest BCUT2D eigenvalue weighted by molar-refractivity contribution is 5.51. The predicted octanol–water partition coefficient (Wildman–Crippen LogP) is 2.08. The molecule has 2 heterocycles. The highest BCUT2D eigenvalue weighted by Gasteiger charge is 2.31. The third-order valence-electron chi connectivity index (χ3n) is 3.98. The monoisotopic (exact) mass is 341 g/mol. The Hall–Kier alpha value is -2.29. The molecule has 1 aromatic heterocycles. The number of hydrogen-bond donors (Lipinski definition) is 1. The summed E-state index contributed by atoms with van der Waals surface area (Å²) in [5.74, 6) is -0.197. The Balaban J connectivity index is 1.57. The Morgan fingerprint density at radius 2 is 2.21 bits per heavy atom. The molecule has 1 atom stereocenters. The van der Waals surface area contributed by atoms with E-state index >= 15 is 0 Å². The molecule has 3 rings (SSSR count). The summed E-state index contributed by atoms with van der Waals surface area (Å²) in [6, 6.07) is 6.33. The molecule has 0 unspecified atom stereocenters. The molecular formula is C15H18F3N5O. The average molecular weight is 341 g/mol. The van der Waals surface area contributed by atoms with Crippen molar-refractivity contribution in [1.29, 1.82) is 0 Å². The van der Waals surface area contributed by atoms with Crippen LogP contribution in [0, 0.1) is 0 Å². The number of benzene rings is 1. The second kappa shape index (κ2) is 6.68. The Kier molecular flexibility index (Phi) is 4.61. The number of nitrogens with one attached hydrogen (secondary N) is 1. The summed E-state index contributed by atoms with van der Waals surface area (Å²) >= 11 is 0. The molecule has 0 spiro atoms. The summed E-state index contributed by atoms with van der Waals surface area (Å²) in [6.07, 6.45) is -2.06. The van der Waals surface area contributed by atoms with Crippen LogP contribution in [0.15, 0.2) is 30.5 Å². The Labute approximate surface area is 137 Å². The molecule has 1 aliphatic rings. The molecular weight excluding hydrogens is 323 g/mol. The maximum atomic E-state index is 12.3. The molecule has 1 fully saturated rings. The highest BCUT2D eigenvalue weighted by Crippen LogP contribution is 2.28. The first kappa shape index (κ1) is 16.6. The summed E-state index contributed by atoms with van der Waals surface area (Å²) in [5.41, 5.74) is 1.71. The van der Waals surface area contributed by atoms with Crippen molar-refractivity contribution in [2.45, 2.75) is 25.4 Å². The number of halogens is 3. The smallest absolute Gasteiger partial charge is 0.406 e. The lowest BCUT2D eigenvalue weighted by Gasteiger charge is -2.20. The first-order chi connectivity index (χ1) is 11.4. The largest absolute Gasteiger partial charge is 0.573 e. The molecule has 9 heteroatoms. The van der Waals surface area contributed by atoms with Crippen LogP contribution >= 0.6 is 0 Å². The predicted molar refractivity (Wildman–Crippen MR) is 81.6 cm³/mol. The first-order valence-electron chi connectivity index (χ1n) is 7.58. The van der Waals surface area contributed by atoms with Gasteiger partial charge in [-0.25, -0.2) is 0 Å². The molecule has 0 bridgehead atoms. The van der Waals surface area contributed by atoms with E-state index in [9.17, 15) is 13.2 Å². The van der Waals surface area contributed by atoms with Crippen molar-refractivity contribution in [3.8, 4) is 5.75 Å². The molecule has 0 radical (unpaired) electrons. The van der Waals surface area contributed by atoms with Crippen LogP contribution in [0.5, 0.6) is 5.75 Å². The molecule has 6 nitrogen and oxygen atoms in total. The van der Waals surface area contributed by atoms with Crippen LogP contribution in [0.2, 0.25) is 0 Å². The Bertz CT molecular complexity index is 688. The van der Waals surface area contributed by atoms with Gasteiger partial charge in [-0.1, -0.05) is 11.3 Å². The number of rotatable bonds is 5. The van der Waals surface area contributed by atoms with Gasteiger partial charge in [-0.05, 0) is 18.6 Å². The fraction of sp³-hybridized carbons (Fsp3) is 0.467. The quantitative estimate of drug-likeness (QED) is 0.902. The minimum absolute atomic E-state index is 0.197. The molecule has 1 saturated heterocycles. The minimum atomic E-state index is -4.68. The van der Waals surface area contributed by atoms with Crippen molar-refractivity contribution < 1.29 is 17.9 Å². The van der Waals surface area contributed by atoms with Crippen molar-refractivity contribution in [2.24, 2.45) is 7.05 Å². The van der Waals surface area contributed by atoms with E-state index in [0.29, 0.717) is 6.54 Å². The zero-order valence-corrected chi connectivity index (χ0v) is 13.1. The fourth-order valence-electron chi connectivity index (χ4n) is 2.76. The summed E-state index contributed by atoms with van der Waals surface area (Å²) in [4.78, 5) is 2.04. The number of anilines is 1. The van der Waals surface area contributed by atoms with Crippen molar-refractivity contribution in [2.75, 3.05) is 18.0 Å². The Morgan fingerprint density at radius 1 is 1.38 bits per heavy atom. The average Bonchev–Trinajstić information content (AvgIpc) is 3.12. The van der Waals surface area contributed by atoms with E-state index in [1.807, 2.05) is 11.9 Å².